The molecule has 2 rings (SSSR count). The maximum Gasteiger partial charge on any atom is 0.130 e. The molecule has 0 amide bonds. The molecule has 0 spiro atoms. The molecule has 2 unspecified atom stereocenters. The van der Waals surface area contributed by atoms with E-state index in [1.165, 1.54) is 6.07 Å². The Bertz CT molecular complexity index is 336. The smallest absolute Gasteiger partial charge is 0.130 e. The zero-order valence-corrected chi connectivity index (χ0v) is 9.71. The Balaban J connectivity index is 2.28. The van der Waals surface area contributed by atoms with Gasteiger partial charge in [-0.25, -0.2) is 4.39 Å². The summed E-state index contributed by atoms with van der Waals surface area (Å²) in [5.41, 5.74) is 0.510. The summed E-state index contributed by atoms with van der Waals surface area (Å²) < 4.78 is 19.7. The molecule has 2 nitrogen and oxygen atoms in total. The fourth-order valence-corrected chi connectivity index (χ4v) is 2.40. The van der Waals surface area contributed by atoms with Crippen molar-refractivity contribution in [3.63, 3.8) is 0 Å². The van der Waals surface area contributed by atoms with E-state index in [0.717, 1.165) is 0 Å². The third-order valence-corrected chi connectivity index (χ3v) is 3.27. The molecule has 1 aliphatic rings. The molecule has 0 radical (unpaired) electrons. The monoisotopic (exact) mass is 274 g/mol. The van der Waals surface area contributed by atoms with Gasteiger partial charge in [0, 0.05) is 23.1 Å². The Morgan fingerprint density at radius 2 is 2.27 bits per heavy atom. The molecule has 1 aromatic carbocycles. The molecular formula is C11H12BrFO2. The topological polar surface area (TPSA) is 29.5 Å². The van der Waals surface area contributed by atoms with Crippen molar-refractivity contribution in [1.29, 1.82) is 0 Å². The van der Waals surface area contributed by atoms with Gasteiger partial charge in [0.2, 0.25) is 0 Å². The average molecular weight is 275 g/mol. The number of hydrogen-bond donors (Lipinski definition) is 1. The van der Waals surface area contributed by atoms with Crippen molar-refractivity contribution in [2.24, 2.45) is 0 Å². The molecule has 1 heterocycles. The number of halogens is 2. The Hall–Kier alpha value is -0.450. The Morgan fingerprint density at radius 1 is 1.47 bits per heavy atom. The number of aliphatic hydroxyl groups excluding tert-OH is 1. The molecule has 2 atom stereocenters. The Labute approximate surface area is 96.2 Å². The second-order valence-corrected chi connectivity index (χ2v) is 4.53. The van der Waals surface area contributed by atoms with Crippen molar-refractivity contribution in [1.82, 2.24) is 0 Å². The van der Waals surface area contributed by atoms with Gasteiger partial charge in [0.1, 0.15) is 5.82 Å². The van der Waals surface area contributed by atoms with Crippen molar-refractivity contribution in [3.8, 4) is 0 Å². The van der Waals surface area contributed by atoms with Gasteiger partial charge in [-0.3, -0.25) is 0 Å². The summed E-state index contributed by atoms with van der Waals surface area (Å²) in [6.07, 6.45) is 0.349. The van der Waals surface area contributed by atoms with Gasteiger partial charge >= 0.3 is 0 Å². The van der Waals surface area contributed by atoms with Gasteiger partial charge in [0.25, 0.3) is 0 Å². The molecule has 0 aromatic heterocycles. The highest BCUT2D eigenvalue weighted by molar-refractivity contribution is 9.10. The molecule has 82 valence electrons. The lowest BCUT2D eigenvalue weighted by Crippen LogP contribution is -2.24. The zero-order chi connectivity index (χ0) is 10.8. The van der Waals surface area contributed by atoms with Gasteiger partial charge in [-0.05, 0) is 18.6 Å². The third kappa shape index (κ3) is 2.38. The van der Waals surface area contributed by atoms with Crippen molar-refractivity contribution >= 4 is 15.9 Å². The fraction of sp³-hybridized carbons (Fsp3) is 0.455. The van der Waals surface area contributed by atoms with Gasteiger partial charge < -0.3 is 9.84 Å². The van der Waals surface area contributed by atoms with Crippen LogP contribution in [-0.4, -0.2) is 17.8 Å². The molecule has 0 saturated carbocycles. The second kappa shape index (κ2) is 4.60. The fourth-order valence-electron chi connectivity index (χ4n) is 1.80. The van der Waals surface area contributed by atoms with E-state index in [-0.39, 0.29) is 11.9 Å². The van der Waals surface area contributed by atoms with E-state index in [1.54, 1.807) is 12.1 Å². The van der Waals surface area contributed by atoms with E-state index in [4.69, 9.17) is 4.74 Å². The van der Waals surface area contributed by atoms with Crippen LogP contribution >= 0.6 is 15.9 Å². The highest BCUT2D eigenvalue weighted by Crippen LogP contribution is 2.34. The Morgan fingerprint density at radius 3 is 2.93 bits per heavy atom. The minimum atomic E-state index is -0.393. The molecule has 0 bridgehead atoms. The highest BCUT2D eigenvalue weighted by atomic mass is 79.9. The first-order valence-electron chi connectivity index (χ1n) is 4.92. The lowest BCUT2D eigenvalue weighted by molar-refractivity contribution is -0.0464. The van der Waals surface area contributed by atoms with Crippen LogP contribution in [0.5, 0.6) is 0 Å². The van der Waals surface area contributed by atoms with E-state index in [9.17, 15) is 9.50 Å². The predicted octanol–water partition coefficient (Wildman–Crippen LogP) is 2.80. The number of rotatable bonds is 1. The van der Waals surface area contributed by atoms with Crippen LogP contribution in [-0.2, 0) is 4.74 Å². The molecule has 1 N–H and O–H groups in total. The van der Waals surface area contributed by atoms with E-state index >= 15 is 0 Å². The van der Waals surface area contributed by atoms with Crippen LogP contribution in [0.25, 0.3) is 0 Å². The first kappa shape index (κ1) is 11.0. The van der Waals surface area contributed by atoms with E-state index in [1.807, 2.05) is 0 Å². The van der Waals surface area contributed by atoms with Crippen LogP contribution in [0.4, 0.5) is 4.39 Å². The molecule has 4 heteroatoms. The summed E-state index contributed by atoms with van der Waals surface area (Å²) in [6, 6.07) is 4.83. The van der Waals surface area contributed by atoms with Gasteiger partial charge in [0.15, 0.2) is 0 Å². The van der Waals surface area contributed by atoms with Gasteiger partial charge in [-0.2, -0.15) is 0 Å². The van der Waals surface area contributed by atoms with E-state index < -0.39 is 6.10 Å². The van der Waals surface area contributed by atoms with Gasteiger partial charge in [-0.15, -0.1) is 0 Å². The summed E-state index contributed by atoms with van der Waals surface area (Å²) in [7, 11) is 0. The van der Waals surface area contributed by atoms with Crippen LogP contribution in [0.2, 0.25) is 0 Å². The highest BCUT2D eigenvalue weighted by Gasteiger charge is 2.26. The van der Waals surface area contributed by atoms with Crippen LogP contribution in [0.3, 0.4) is 0 Å². The largest absolute Gasteiger partial charge is 0.393 e. The average Bonchev–Trinajstić information content (AvgIpc) is 2.17. The summed E-state index contributed by atoms with van der Waals surface area (Å²) in [4.78, 5) is 0. The van der Waals surface area contributed by atoms with Crippen molar-refractivity contribution < 1.29 is 14.2 Å². The quantitative estimate of drug-likeness (QED) is 0.854. The summed E-state index contributed by atoms with van der Waals surface area (Å²) in [5, 5.41) is 9.50. The summed E-state index contributed by atoms with van der Waals surface area (Å²) in [5.74, 6) is -0.288. The minimum absolute atomic E-state index is 0.288. The normalized spacial score (nSPS) is 26.6. The third-order valence-electron chi connectivity index (χ3n) is 2.58. The molecule has 15 heavy (non-hydrogen) atoms. The van der Waals surface area contributed by atoms with Crippen molar-refractivity contribution in [2.45, 2.75) is 25.0 Å². The Kier molecular flexibility index (Phi) is 3.38. The van der Waals surface area contributed by atoms with Crippen LogP contribution < -0.4 is 0 Å². The molecule has 1 fully saturated rings. The maximum atomic E-state index is 13.6. The molecule has 0 aliphatic carbocycles. The van der Waals surface area contributed by atoms with Crippen molar-refractivity contribution in [2.75, 3.05) is 6.61 Å². The molecular weight excluding hydrogens is 263 g/mol. The van der Waals surface area contributed by atoms with Crippen LogP contribution in [0.1, 0.15) is 24.5 Å². The summed E-state index contributed by atoms with van der Waals surface area (Å²) >= 11 is 3.30. The van der Waals surface area contributed by atoms with Gasteiger partial charge in [-0.1, -0.05) is 22.0 Å². The summed E-state index contributed by atoms with van der Waals surface area (Å²) in [6.45, 7) is 0.479. The predicted molar refractivity (Wildman–Crippen MR) is 58.0 cm³/mol. The minimum Gasteiger partial charge on any atom is -0.393 e. The van der Waals surface area contributed by atoms with E-state index in [2.05, 4.69) is 15.9 Å². The number of aliphatic hydroxyl groups is 1. The second-order valence-electron chi connectivity index (χ2n) is 3.67. The first-order chi connectivity index (χ1) is 7.18. The lowest BCUT2D eigenvalue weighted by Gasteiger charge is -2.27. The standard InChI is InChI=1S/C11H12BrFO2/c12-8-2-1-3-9(13)11(8)10-6-7(14)4-5-15-10/h1-3,7,10,14H,4-6H2. The van der Waals surface area contributed by atoms with Crippen molar-refractivity contribution in [3.05, 3.63) is 34.1 Å². The molecule has 1 aliphatic heterocycles. The molecule has 1 aromatic rings. The number of hydrogen-bond acceptors (Lipinski definition) is 2. The van der Waals surface area contributed by atoms with E-state index in [0.29, 0.717) is 29.5 Å². The van der Waals surface area contributed by atoms with Gasteiger partial charge in [0.05, 0.1) is 12.2 Å². The maximum absolute atomic E-state index is 13.6. The molecule has 1 saturated heterocycles. The van der Waals surface area contributed by atoms with Crippen LogP contribution in [0, 0.1) is 5.82 Å². The SMILES string of the molecule is OC1CCOC(c2c(F)cccc2Br)C1. The number of benzene rings is 1. The number of ether oxygens (including phenoxy) is 1. The lowest BCUT2D eigenvalue weighted by atomic mass is 9.99. The zero-order valence-electron chi connectivity index (χ0n) is 8.12. The first-order valence-corrected chi connectivity index (χ1v) is 5.71. The van der Waals surface area contributed by atoms with Crippen LogP contribution in [0.15, 0.2) is 22.7 Å².